The van der Waals surface area contributed by atoms with E-state index >= 15 is 0 Å². The lowest BCUT2D eigenvalue weighted by atomic mass is 10.1. The Bertz CT molecular complexity index is 617. The average molecular weight is 275 g/mol. The molecule has 1 fully saturated rings. The quantitative estimate of drug-likeness (QED) is 0.860. The molecule has 1 aliphatic heterocycles. The van der Waals surface area contributed by atoms with E-state index in [0.29, 0.717) is 18.0 Å². The van der Waals surface area contributed by atoms with E-state index in [4.69, 9.17) is 9.05 Å². The molecule has 0 saturated carbocycles. The zero-order chi connectivity index (χ0) is 14.1. The zero-order valence-electron chi connectivity index (χ0n) is 11.6. The van der Waals surface area contributed by atoms with Crippen LogP contribution in [0.4, 0.5) is 0 Å². The van der Waals surface area contributed by atoms with E-state index in [1.807, 2.05) is 13.0 Å². The number of carbonyl (C=O) groups is 1. The van der Waals surface area contributed by atoms with Gasteiger partial charge in [0.05, 0.1) is 11.7 Å². The number of aromatic nitrogens is 2. The molecule has 0 radical (unpaired) electrons. The molecule has 0 unspecified atom stereocenters. The van der Waals surface area contributed by atoms with E-state index < -0.39 is 0 Å². The fraction of sp³-hybridized carbons (Fsp3) is 0.500. The van der Waals surface area contributed by atoms with Crippen LogP contribution in [0.15, 0.2) is 21.2 Å². The fourth-order valence-corrected chi connectivity index (χ4v) is 2.57. The summed E-state index contributed by atoms with van der Waals surface area (Å²) in [6.07, 6.45) is 2.67. The van der Waals surface area contributed by atoms with Crippen molar-refractivity contribution in [3.63, 3.8) is 0 Å². The van der Waals surface area contributed by atoms with Gasteiger partial charge in [-0.1, -0.05) is 17.2 Å². The van der Waals surface area contributed by atoms with Crippen molar-refractivity contribution >= 4 is 5.91 Å². The molecule has 0 aromatic carbocycles. The number of carbonyl (C=O) groups excluding carboxylic acids is 1. The highest BCUT2D eigenvalue weighted by Gasteiger charge is 2.34. The van der Waals surface area contributed by atoms with Crippen LogP contribution in [0.5, 0.6) is 0 Å². The van der Waals surface area contributed by atoms with E-state index in [0.717, 1.165) is 30.7 Å². The Morgan fingerprint density at radius 1 is 1.40 bits per heavy atom. The Balaban J connectivity index is 1.83. The number of amides is 1. The molecule has 1 aliphatic rings. The van der Waals surface area contributed by atoms with Crippen LogP contribution >= 0.6 is 0 Å². The summed E-state index contributed by atoms with van der Waals surface area (Å²) in [7, 11) is 0. The van der Waals surface area contributed by atoms with Crippen LogP contribution in [0, 0.1) is 6.92 Å². The predicted molar refractivity (Wildman–Crippen MR) is 70.1 cm³/mol. The molecule has 0 spiro atoms. The summed E-state index contributed by atoms with van der Waals surface area (Å²) in [5.41, 5.74) is 1.27. The maximum absolute atomic E-state index is 12.5. The standard InChI is InChI=1S/C14H17N3O3/c1-3-10-8-13(20-15-10)12-5-4-6-17(12)14(18)11-7-9(2)19-16-11/h7-8,12H,3-6H2,1-2H3/t12-/m0/s1. The lowest BCUT2D eigenvalue weighted by Crippen LogP contribution is -2.30. The van der Waals surface area contributed by atoms with Crippen molar-refractivity contribution in [2.75, 3.05) is 6.54 Å². The van der Waals surface area contributed by atoms with E-state index in [1.165, 1.54) is 0 Å². The third-order valence-electron chi connectivity index (χ3n) is 3.63. The summed E-state index contributed by atoms with van der Waals surface area (Å²) in [6, 6.07) is 3.55. The highest BCUT2D eigenvalue weighted by molar-refractivity contribution is 5.92. The highest BCUT2D eigenvalue weighted by Crippen LogP contribution is 2.33. The van der Waals surface area contributed by atoms with Crippen molar-refractivity contribution in [1.29, 1.82) is 0 Å². The molecule has 2 aromatic heterocycles. The molecule has 6 nitrogen and oxygen atoms in total. The molecule has 3 rings (SSSR count). The van der Waals surface area contributed by atoms with Crippen molar-refractivity contribution in [2.45, 2.75) is 39.2 Å². The summed E-state index contributed by atoms with van der Waals surface area (Å²) in [6.45, 7) is 4.50. The van der Waals surface area contributed by atoms with Crippen LogP contribution in [0.1, 0.15) is 53.5 Å². The Labute approximate surface area is 116 Å². The van der Waals surface area contributed by atoms with Gasteiger partial charge in [-0.2, -0.15) is 0 Å². The monoisotopic (exact) mass is 275 g/mol. The average Bonchev–Trinajstić information content (AvgIpc) is 3.17. The summed E-state index contributed by atoms with van der Waals surface area (Å²) in [4.78, 5) is 14.3. The van der Waals surface area contributed by atoms with Gasteiger partial charge in [0, 0.05) is 18.7 Å². The molecule has 6 heteroatoms. The molecule has 3 heterocycles. The summed E-state index contributed by atoms with van der Waals surface area (Å²) < 4.78 is 10.3. The number of likely N-dealkylation sites (tertiary alicyclic amines) is 1. The lowest BCUT2D eigenvalue weighted by molar-refractivity contribution is 0.0704. The van der Waals surface area contributed by atoms with Crippen LogP contribution < -0.4 is 0 Å². The minimum Gasteiger partial charge on any atom is -0.361 e. The number of rotatable bonds is 3. The Kier molecular flexibility index (Phi) is 3.30. The van der Waals surface area contributed by atoms with Crippen LogP contribution in [0.3, 0.4) is 0 Å². The Morgan fingerprint density at radius 2 is 2.25 bits per heavy atom. The van der Waals surface area contributed by atoms with Crippen LogP contribution in [0.2, 0.25) is 0 Å². The second-order valence-electron chi connectivity index (χ2n) is 5.05. The van der Waals surface area contributed by atoms with Gasteiger partial charge >= 0.3 is 0 Å². The Hall–Kier alpha value is -2.11. The minimum atomic E-state index is -0.112. The highest BCUT2D eigenvalue weighted by atomic mass is 16.5. The van der Waals surface area contributed by atoms with Crippen molar-refractivity contribution in [1.82, 2.24) is 15.2 Å². The first-order valence-corrected chi connectivity index (χ1v) is 6.89. The molecule has 20 heavy (non-hydrogen) atoms. The number of hydrogen-bond acceptors (Lipinski definition) is 5. The molecular weight excluding hydrogens is 258 g/mol. The molecule has 2 aromatic rings. The van der Waals surface area contributed by atoms with Gasteiger partial charge in [0.1, 0.15) is 5.76 Å². The van der Waals surface area contributed by atoms with Crippen LogP contribution in [-0.4, -0.2) is 27.7 Å². The number of nitrogens with zero attached hydrogens (tertiary/aromatic N) is 3. The molecule has 1 amide bonds. The maximum Gasteiger partial charge on any atom is 0.276 e. The SMILES string of the molecule is CCc1cc([C@@H]2CCCN2C(=O)c2cc(C)on2)on1. The van der Waals surface area contributed by atoms with Gasteiger partial charge in [-0.25, -0.2) is 0 Å². The summed E-state index contributed by atoms with van der Waals surface area (Å²) in [5.74, 6) is 1.28. The van der Waals surface area contributed by atoms with Crippen LogP contribution in [-0.2, 0) is 6.42 Å². The molecular formula is C14H17N3O3. The summed E-state index contributed by atoms with van der Waals surface area (Å²) >= 11 is 0. The second-order valence-corrected chi connectivity index (χ2v) is 5.05. The number of aryl methyl sites for hydroxylation is 2. The normalized spacial score (nSPS) is 18.7. The Morgan fingerprint density at radius 3 is 2.90 bits per heavy atom. The van der Waals surface area contributed by atoms with E-state index in [2.05, 4.69) is 10.3 Å². The fourth-order valence-electron chi connectivity index (χ4n) is 2.57. The zero-order valence-corrected chi connectivity index (χ0v) is 11.6. The van der Waals surface area contributed by atoms with Crippen LogP contribution in [0.25, 0.3) is 0 Å². The lowest BCUT2D eigenvalue weighted by Gasteiger charge is -2.21. The van der Waals surface area contributed by atoms with E-state index in [9.17, 15) is 4.79 Å². The van der Waals surface area contributed by atoms with Gasteiger partial charge in [0.25, 0.3) is 5.91 Å². The van der Waals surface area contributed by atoms with Gasteiger partial charge in [-0.05, 0) is 26.2 Å². The first kappa shape index (κ1) is 12.9. The first-order chi connectivity index (χ1) is 9.69. The molecule has 0 aliphatic carbocycles. The summed E-state index contributed by atoms with van der Waals surface area (Å²) in [5, 5.41) is 7.80. The van der Waals surface area contributed by atoms with Crippen molar-refractivity contribution in [2.24, 2.45) is 0 Å². The molecule has 0 bridgehead atoms. The minimum absolute atomic E-state index is 0.0488. The number of hydrogen-bond donors (Lipinski definition) is 0. The largest absolute Gasteiger partial charge is 0.361 e. The van der Waals surface area contributed by atoms with Gasteiger partial charge < -0.3 is 13.9 Å². The van der Waals surface area contributed by atoms with Crippen molar-refractivity contribution in [3.8, 4) is 0 Å². The third-order valence-corrected chi connectivity index (χ3v) is 3.63. The maximum atomic E-state index is 12.5. The van der Waals surface area contributed by atoms with Gasteiger partial charge in [0.2, 0.25) is 0 Å². The second kappa shape index (κ2) is 5.11. The van der Waals surface area contributed by atoms with Gasteiger partial charge in [-0.15, -0.1) is 0 Å². The smallest absolute Gasteiger partial charge is 0.276 e. The topological polar surface area (TPSA) is 72.4 Å². The molecule has 106 valence electrons. The van der Waals surface area contributed by atoms with Crippen molar-refractivity contribution < 1.29 is 13.8 Å². The molecule has 0 N–H and O–H groups in total. The predicted octanol–water partition coefficient (Wildman–Crippen LogP) is 2.51. The van der Waals surface area contributed by atoms with Crippen molar-refractivity contribution in [3.05, 3.63) is 35.0 Å². The van der Waals surface area contributed by atoms with Gasteiger partial charge in [-0.3, -0.25) is 4.79 Å². The molecule has 1 saturated heterocycles. The first-order valence-electron chi connectivity index (χ1n) is 6.89. The molecule has 1 atom stereocenters. The third kappa shape index (κ3) is 2.21. The van der Waals surface area contributed by atoms with Gasteiger partial charge in [0.15, 0.2) is 11.5 Å². The van der Waals surface area contributed by atoms with E-state index in [1.54, 1.807) is 17.9 Å². The van der Waals surface area contributed by atoms with E-state index in [-0.39, 0.29) is 11.9 Å².